The Hall–Kier alpha value is -2.68. The number of benzene rings is 2. The van der Waals surface area contributed by atoms with Crippen LogP contribution in [0.2, 0.25) is 0 Å². The van der Waals surface area contributed by atoms with Crippen molar-refractivity contribution < 1.29 is 9.63 Å². The summed E-state index contributed by atoms with van der Waals surface area (Å²) in [5.41, 5.74) is 4.05. The molecule has 0 fully saturated rings. The average Bonchev–Trinajstić information content (AvgIpc) is 2.83. The van der Waals surface area contributed by atoms with Crippen LogP contribution < -0.4 is 0 Å². The van der Waals surface area contributed by atoms with Crippen molar-refractivity contribution in [1.82, 2.24) is 0 Å². The van der Waals surface area contributed by atoms with Crippen LogP contribution in [0.5, 0.6) is 0 Å². The van der Waals surface area contributed by atoms with Crippen molar-refractivity contribution in [2.75, 3.05) is 0 Å². The highest BCUT2D eigenvalue weighted by Gasteiger charge is 2.26. The van der Waals surface area contributed by atoms with Crippen molar-refractivity contribution >= 4 is 17.8 Å². The standard InChI is InChI=1S/C17H13NO2/c1-12-7-9-14(10-8-12)16-15(17(19)20-18-16)11-13-5-3-2-4-6-13/h2-11H,1H3. The van der Waals surface area contributed by atoms with Crippen molar-refractivity contribution in [2.24, 2.45) is 5.16 Å². The molecule has 1 aliphatic rings. The van der Waals surface area contributed by atoms with Gasteiger partial charge in [0, 0.05) is 5.56 Å². The maximum Gasteiger partial charge on any atom is 0.368 e. The summed E-state index contributed by atoms with van der Waals surface area (Å²) in [5, 5.41) is 3.89. The smallest absolute Gasteiger partial charge is 0.312 e. The van der Waals surface area contributed by atoms with E-state index in [9.17, 15) is 4.79 Å². The van der Waals surface area contributed by atoms with Crippen LogP contribution in [0, 0.1) is 6.92 Å². The van der Waals surface area contributed by atoms with Gasteiger partial charge >= 0.3 is 5.97 Å². The van der Waals surface area contributed by atoms with Crippen molar-refractivity contribution in [1.29, 1.82) is 0 Å². The summed E-state index contributed by atoms with van der Waals surface area (Å²) < 4.78 is 0. The number of aryl methyl sites for hydroxylation is 1. The lowest BCUT2D eigenvalue weighted by Crippen LogP contribution is -2.06. The molecule has 0 N–H and O–H groups in total. The predicted molar refractivity (Wildman–Crippen MR) is 78.2 cm³/mol. The van der Waals surface area contributed by atoms with Crippen molar-refractivity contribution in [2.45, 2.75) is 6.92 Å². The number of oxime groups is 1. The molecule has 0 radical (unpaired) electrons. The Morgan fingerprint density at radius 2 is 1.70 bits per heavy atom. The van der Waals surface area contributed by atoms with Gasteiger partial charge in [0.25, 0.3) is 0 Å². The second kappa shape index (κ2) is 5.13. The van der Waals surface area contributed by atoms with Gasteiger partial charge in [-0.05, 0) is 18.6 Å². The number of rotatable bonds is 2. The Balaban J connectivity index is 2.01. The third-order valence-electron chi connectivity index (χ3n) is 3.13. The highest BCUT2D eigenvalue weighted by atomic mass is 16.7. The summed E-state index contributed by atoms with van der Waals surface area (Å²) in [6, 6.07) is 17.5. The zero-order valence-corrected chi connectivity index (χ0v) is 11.0. The molecular weight excluding hydrogens is 250 g/mol. The monoisotopic (exact) mass is 263 g/mol. The van der Waals surface area contributed by atoms with Crippen LogP contribution >= 0.6 is 0 Å². The van der Waals surface area contributed by atoms with Crippen molar-refractivity contribution in [3.63, 3.8) is 0 Å². The average molecular weight is 263 g/mol. The van der Waals surface area contributed by atoms with Crippen LogP contribution in [-0.4, -0.2) is 11.7 Å². The lowest BCUT2D eigenvalue weighted by Gasteiger charge is -2.01. The molecule has 3 nitrogen and oxygen atoms in total. The minimum Gasteiger partial charge on any atom is -0.312 e. The minimum absolute atomic E-state index is 0.413. The highest BCUT2D eigenvalue weighted by Crippen LogP contribution is 2.20. The first kappa shape index (κ1) is 12.4. The fourth-order valence-corrected chi connectivity index (χ4v) is 2.04. The van der Waals surface area contributed by atoms with E-state index >= 15 is 0 Å². The normalized spacial score (nSPS) is 16.1. The van der Waals surface area contributed by atoms with Crippen molar-refractivity contribution in [3.05, 3.63) is 76.9 Å². The molecule has 0 aliphatic carbocycles. The van der Waals surface area contributed by atoms with E-state index in [1.165, 1.54) is 0 Å². The molecule has 0 bridgehead atoms. The molecule has 2 aromatic carbocycles. The third-order valence-corrected chi connectivity index (χ3v) is 3.13. The van der Waals surface area contributed by atoms with Crippen molar-refractivity contribution in [3.8, 4) is 0 Å². The summed E-state index contributed by atoms with van der Waals surface area (Å²) in [6.07, 6.45) is 1.80. The van der Waals surface area contributed by atoms with E-state index in [1.807, 2.05) is 61.5 Å². The van der Waals surface area contributed by atoms with Gasteiger partial charge in [-0.1, -0.05) is 65.3 Å². The molecule has 0 saturated carbocycles. The molecule has 0 aromatic heterocycles. The largest absolute Gasteiger partial charge is 0.368 e. The van der Waals surface area contributed by atoms with E-state index in [0.717, 1.165) is 16.7 Å². The molecule has 0 saturated heterocycles. The van der Waals surface area contributed by atoms with Crippen LogP contribution in [0.3, 0.4) is 0 Å². The molecule has 3 rings (SSSR count). The second-order valence-electron chi connectivity index (χ2n) is 4.65. The molecule has 2 aromatic rings. The first-order chi connectivity index (χ1) is 9.74. The van der Waals surface area contributed by atoms with Crippen LogP contribution in [0.25, 0.3) is 6.08 Å². The number of hydrogen-bond donors (Lipinski definition) is 0. The van der Waals surface area contributed by atoms with E-state index in [0.29, 0.717) is 11.3 Å². The summed E-state index contributed by atoms with van der Waals surface area (Å²) in [6.45, 7) is 2.02. The maximum absolute atomic E-state index is 11.8. The van der Waals surface area contributed by atoms with E-state index in [1.54, 1.807) is 6.08 Å². The Morgan fingerprint density at radius 3 is 2.40 bits per heavy atom. The number of hydrogen-bond acceptors (Lipinski definition) is 3. The molecule has 20 heavy (non-hydrogen) atoms. The molecule has 1 heterocycles. The van der Waals surface area contributed by atoms with E-state index < -0.39 is 5.97 Å². The molecular formula is C17H13NO2. The second-order valence-corrected chi connectivity index (χ2v) is 4.65. The summed E-state index contributed by atoms with van der Waals surface area (Å²) in [4.78, 5) is 16.6. The maximum atomic E-state index is 11.8. The zero-order chi connectivity index (χ0) is 13.9. The van der Waals surface area contributed by atoms with Gasteiger partial charge in [0.05, 0.1) is 5.57 Å². The van der Waals surface area contributed by atoms with E-state index in [4.69, 9.17) is 4.84 Å². The van der Waals surface area contributed by atoms with Gasteiger partial charge in [0.2, 0.25) is 0 Å². The minimum atomic E-state index is -0.413. The Labute approximate surface area is 117 Å². The Morgan fingerprint density at radius 1 is 1.00 bits per heavy atom. The quantitative estimate of drug-likeness (QED) is 0.615. The number of carbonyl (C=O) groups is 1. The van der Waals surface area contributed by atoms with Gasteiger partial charge in [0.1, 0.15) is 5.71 Å². The lowest BCUT2D eigenvalue weighted by atomic mass is 10.00. The molecule has 0 atom stereocenters. The molecule has 3 heteroatoms. The molecule has 0 unspecified atom stereocenters. The molecule has 0 amide bonds. The summed E-state index contributed by atoms with van der Waals surface area (Å²) in [7, 11) is 0. The Bertz CT molecular complexity index is 698. The van der Waals surface area contributed by atoms with Gasteiger partial charge in [-0.25, -0.2) is 4.79 Å². The van der Waals surface area contributed by atoms with E-state index in [-0.39, 0.29) is 0 Å². The first-order valence-electron chi connectivity index (χ1n) is 6.37. The van der Waals surface area contributed by atoms with Gasteiger partial charge in [-0.3, -0.25) is 0 Å². The molecule has 98 valence electrons. The summed E-state index contributed by atoms with van der Waals surface area (Å²) >= 11 is 0. The van der Waals surface area contributed by atoms with Gasteiger partial charge in [-0.2, -0.15) is 0 Å². The fourth-order valence-electron chi connectivity index (χ4n) is 2.04. The summed E-state index contributed by atoms with van der Waals surface area (Å²) in [5.74, 6) is -0.413. The van der Waals surface area contributed by atoms with Gasteiger partial charge in [0.15, 0.2) is 0 Å². The first-order valence-corrected chi connectivity index (χ1v) is 6.37. The Kier molecular flexibility index (Phi) is 3.17. The number of nitrogens with zero attached hydrogens (tertiary/aromatic N) is 1. The SMILES string of the molecule is Cc1ccc(C2=NOC(=O)C2=Cc2ccccc2)cc1. The highest BCUT2D eigenvalue weighted by molar-refractivity contribution is 6.31. The predicted octanol–water partition coefficient (Wildman–Crippen LogP) is 3.34. The van der Waals surface area contributed by atoms with Crippen LogP contribution in [0.1, 0.15) is 16.7 Å². The zero-order valence-electron chi connectivity index (χ0n) is 11.0. The van der Waals surface area contributed by atoms with Crippen LogP contribution in [-0.2, 0) is 9.63 Å². The molecule has 1 aliphatic heterocycles. The van der Waals surface area contributed by atoms with Crippen LogP contribution in [0.4, 0.5) is 0 Å². The van der Waals surface area contributed by atoms with E-state index in [2.05, 4.69) is 5.16 Å². The molecule has 0 spiro atoms. The fraction of sp³-hybridized carbons (Fsp3) is 0.0588. The number of carbonyl (C=O) groups excluding carboxylic acids is 1. The lowest BCUT2D eigenvalue weighted by molar-refractivity contribution is -0.136. The topological polar surface area (TPSA) is 38.7 Å². The van der Waals surface area contributed by atoms with Gasteiger partial charge < -0.3 is 4.84 Å². The van der Waals surface area contributed by atoms with Gasteiger partial charge in [-0.15, -0.1) is 0 Å². The third kappa shape index (κ3) is 2.38. The van der Waals surface area contributed by atoms with Crippen LogP contribution in [0.15, 0.2) is 65.3 Å².